The van der Waals surface area contributed by atoms with E-state index in [4.69, 9.17) is 0 Å². The molecule has 1 aliphatic carbocycles. The van der Waals surface area contributed by atoms with Gasteiger partial charge in [-0.2, -0.15) is 0 Å². The fourth-order valence-corrected chi connectivity index (χ4v) is 1.44. The van der Waals surface area contributed by atoms with E-state index in [1.54, 1.807) is 6.08 Å². The minimum Gasteiger partial charge on any atom is -0.295 e. The fourth-order valence-electron chi connectivity index (χ4n) is 1.44. The van der Waals surface area contributed by atoms with Gasteiger partial charge in [0.2, 0.25) is 0 Å². The van der Waals surface area contributed by atoms with Gasteiger partial charge in [0.15, 0.2) is 5.78 Å². The number of hydrogen-bond acceptors (Lipinski definition) is 1. The maximum Gasteiger partial charge on any atom is 0.158 e. The topological polar surface area (TPSA) is 17.1 Å². The Kier molecular flexibility index (Phi) is 3.78. The van der Waals surface area contributed by atoms with Gasteiger partial charge in [-0.15, -0.1) is 0 Å². The molecule has 0 fully saturated rings. The molecule has 1 heteroatoms. The third-order valence-electron chi connectivity index (χ3n) is 2.19. The standard InChI is InChI=1S/C11H16O/c1-2-3-4-5-7-10-8-6-9-11(10)12/h3-4,6,9-10H,2,5,7-8H2,1H3/b4-3-. The zero-order valence-corrected chi connectivity index (χ0v) is 7.62. The molecular weight excluding hydrogens is 148 g/mol. The van der Waals surface area contributed by atoms with Gasteiger partial charge in [-0.25, -0.2) is 0 Å². The van der Waals surface area contributed by atoms with Crippen molar-refractivity contribution in [2.75, 3.05) is 0 Å². The summed E-state index contributed by atoms with van der Waals surface area (Å²) in [6.07, 6.45) is 12.1. The summed E-state index contributed by atoms with van der Waals surface area (Å²) in [5, 5.41) is 0. The highest BCUT2D eigenvalue weighted by Gasteiger charge is 2.17. The second-order valence-electron chi connectivity index (χ2n) is 3.19. The Morgan fingerprint density at radius 1 is 1.58 bits per heavy atom. The molecule has 0 heterocycles. The molecule has 0 aromatic heterocycles. The zero-order chi connectivity index (χ0) is 8.81. The molecule has 0 aromatic rings. The second kappa shape index (κ2) is 4.91. The van der Waals surface area contributed by atoms with Crippen molar-refractivity contribution in [1.82, 2.24) is 0 Å². The molecular formula is C11H16O. The van der Waals surface area contributed by atoms with Crippen molar-refractivity contribution in [3.63, 3.8) is 0 Å². The van der Waals surface area contributed by atoms with Crippen LogP contribution in [0.15, 0.2) is 24.3 Å². The normalized spacial score (nSPS) is 22.8. The first-order chi connectivity index (χ1) is 5.84. The monoisotopic (exact) mass is 164 g/mol. The van der Waals surface area contributed by atoms with Crippen LogP contribution < -0.4 is 0 Å². The summed E-state index contributed by atoms with van der Waals surface area (Å²) in [7, 11) is 0. The molecule has 0 aromatic carbocycles. The van der Waals surface area contributed by atoms with Crippen LogP contribution in [0, 0.1) is 5.92 Å². The molecule has 0 saturated heterocycles. The van der Waals surface area contributed by atoms with Gasteiger partial charge in [-0.05, 0) is 31.8 Å². The van der Waals surface area contributed by atoms with E-state index in [1.165, 1.54) is 0 Å². The molecule has 0 bridgehead atoms. The van der Waals surface area contributed by atoms with E-state index in [0.717, 1.165) is 25.7 Å². The number of carbonyl (C=O) groups is 1. The third-order valence-corrected chi connectivity index (χ3v) is 2.19. The van der Waals surface area contributed by atoms with Crippen LogP contribution >= 0.6 is 0 Å². The predicted molar refractivity (Wildman–Crippen MR) is 50.9 cm³/mol. The lowest BCUT2D eigenvalue weighted by Crippen LogP contribution is -2.05. The molecule has 0 radical (unpaired) electrons. The van der Waals surface area contributed by atoms with E-state index in [2.05, 4.69) is 19.1 Å². The lowest BCUT2D eigenvalue weighted by atomic mass is 10.00. The zero-order valence-electron chi connectivity index (χ0n) is 7.62. The molecule has 1 unspecified atom stereocenters. The van der Waals surface area contributed by atoms with E-state index in [1.807, 2.05) is 6.08 Å². The molecule has 0 amide bonds. The first-order valence-electron chi connectivity index (χ1n) is 4.70. The Balaban J connectivity index is 2.16. The maximum atomic E-state index is 11.1. The fraction of sp³-hybridized carbons (Fsp3) is 0.545. The largest absolute Gasteiger partial charge is 0.295 e. The molecule has 12 heavy (non-hydrogen) atoms. The van der Waals surface area contributed by atoms with Crippen LogP contribution in [0.5, 0.6) is 0 Å². The van der Waals surface area contributed by atoms with Crippen LogP contribution in [-0.4, -0.2) is 5.78 Å². The average Bonchev–Trinajstić information content (AvgIpc) is 2.46. The van der Waals surface area contributed by atoms with Crippen molar-refractivity contribution in [3.8, 4) is 0 Å². The smallest absolute Gasteiger partial charge is 0.158 e. The third kappa shape index (κ3) is 2.65. The Hall–Kier alpha value is -0.850. The maximum absolute atomic E-state index is 11.1. The van der Waals surface area contributed by atoms with E-state index in [9.17, 15) is 4.79 Å². The molecule has 0 aliphatic heterocycles. The summed E-state index contributed by atoms with van der Waals surface area (Å²) in [4.78, 5) is 11.1. The van der Waals surface area contributed by atoms with Crippen LogP contribution in [0.4, 0.5) is 0 Å². The summed E-state index contributed by atoms with van der Waals surface area (Å²) in [5.74, 6) is 0.603. The first kappa shape index (κ1) is 9.24. The molecule has 1 atom stereocenters. The van der Waals surface area contributed by atoms with E-state index in [0.29, 0.717) is 5.78 Å². The first-order valence-corrected chi connectivity index (χ1v) is 4.70. The molecule has 0 N–H and O–H groups in total. The van der Waals surface area contributed by atoms with Gasteiger partial charge in [0, 0.05) is 5.92 Å². The highest BCUT2D eigenvalue weighted by atomic mass is 16.1. The van der Waals surface area contributed by atoms with Gasteiger partial charge in [-0.3, -0.25) is 4.79 Å². The van der Waals surface area contributed by atoms with Crippen LogP contribution in [-0.2, 0) is 4.79 Å². The van der Waals surface area contributed by atoms with Gasteiger partial charge in [0.25, 0.3) is 0 Å². The van der Waals surface area contributed by atoms with Crippen molar-refractivity contribution in [3.05, 3.63) is 24.3 Å². The number of rotatable bonds is 4. The second-order valence-corrected chi connectivity index (χ2v) is 3.19. The van der Waals surface area contributed by atoms with Crippen molar-refractivity contribution in [1.29, 1.82) is 0 Å². The van der Waals surface area contributed by atoms with Crippen LogP contribution in [0.1, 0.15) is 32.6 Å². The van der Waals surface area contributed by atoms with Crippen molar-refractivity contribution in [2.45, 2.75) is 32.6 Å². The van der Waals surface area contributed by atoms with Crippen molar-refractivity contribution >= 4 is 5.78 Å². The summed E-state index contributed by atoms with van der Waals surface area (Å²) < 4.78 is 0. The minimum absolute atomic E-state index is 0.284. The molecule has 0 saturated carbocycles. The van der Waals surface area contributed by atoms with Gasteiger partial charge in [0.1, 0.15) is 0 Å². The number of allylic oxidation sites excluding steroid dienone is 4. The number of hydrogen-bond donors (Lipinski definition) is 0. The van der Waals surface area contributed by atoms with Gasteiger partial charge < -0.3 is 0 Å². The molecule has 1 aliphatic rings. The van der Waals surface area contributed by atoms with Crippen LogP contribution in [0.25, 0.3) is 0 Å². The lowest BCUT2D eigenvalue weighted by molar-refractivity contribution is -0.117. The van der Waals surface area contributed by atoms with Crippen LogP contribution in [0.3, 0.4) is 0 Å². The Morgan fingerprint density at radius 3 is 3.00 bits per heavy atom. The van der Waals surface area contributed by atoms with Crippen LogP contribution in [0.2, 0.25) is 0 Å². The highest BCUT2D eigenvalue weighted by molar-refractivity contribution is 5.93. The predicted octanol–water partition coefficient (Wildman–Crippen LogP) is 2.88. The average molecular weight is 164 g/mol. The molecule has 0 spiro atoms. The quantitative estimate of drug-likeness (QED) is 0.584. The minimum atomic E-state index is 0.284. The molecule has 1 nitrogen and oxygen atoms in total. The van der Waals surface area contributed by atoms with Crippen molar-refractivity contribution < 1.29 is 4.79 Å². The van der Waals surface area contributed by atoms with E-state index < -0.39 is 0 Å². The Morgan fingerprint density at radius 2 is 2.42 bits per heavy atom. The van der Waals surface area contributed by atoms with E-state index >= 15 is 0 Å². The number of ketones is 1. The summed E-state index contributed by atoms with van der Waals surface area (Å²) in [5.41, 5.74) is 0. The van der Waals surface area contributed by atoms with Gasteiger partial charge >= 0.3 is 0 Å². The van der Waals surface area contributed by atoms with Gasteiger partial charge in [0.05, 0.1) is 0 Å². The SMILES string of the molecule is CC/C=C\CCC1CC=CC1=O. The van der Waals surface area contributed by atoms with E-state index in [-0.39, 0.29) is 5.92 Å². The summed E-state index contributed by atoms with van der Waals surface area (Å²) >= 11 is 0. The summed E-state index contributed by atoms with van der Waals surface area (Å²) in [6.45, 7) is 2.12. The lowest BCUT2D eigenvalue weighted by Gasteiger charge is -2.03. The number of carbonyl (C=O) groups excluding carboxylic acids is 1. The van der Waals surface area contributed by atoms with Crippen molar-refractivity contribution in [2.24, 2.45) is 5.92 Å². The van der Waals surface area contributed by atoms with Gasteiger partial charge in [-0.1, -0.05) is 25.2 Å². The Bertz CT molecular complexity index is 201. The molecule has 1 rings (SSSR count). The highest BCUT2D eigenvalue weighted by Crippen LogP contribution is 2.19. The Labute approximate surface area is 74.2 Å². The molecule has 66 valence electrons. The summed E-state index contributed by atoms with van der Waals surface area (Å²) in [6, 6.07) is 0.